The van der Waals surface area contributed by atoms with Crippen molar-refractivity contribution in [1.82, 2.24) is 5.32 Å². The predicted molar refractivity (Wildman–Crippen MR) is 61.3 cm³/mol. The molecule has 6 nitrogen and oxygen atoms in total. The highest BCUT2D eigenvalue weighted by Crippen LogP contribution is 2.40. The fourth-order valence-electron chi connectivity index (χ4n) is 1.37. The summed E-state index contributed by atoms with van der Waals surface area (Å²) in [6, 6.07) is 4.55. The quantitative estimate of drug-likeness (QED) is 0.762. The van der Waals surface area contributed by atoms with Crippen molar-refractivity contribution in [2.24, 2.45) is 0 Å². The summed E-state index contributed by atoms with van der Waals surface area (Å²) in [5.74, 6) is -0.455. The maximum atomic E-state index is 11.7. The first kappa shape index (κ1) is 12.2. The van der Waals surface area contributed by atoms with Gasteiger partial charge < -0.3 is 14.6 Å². The van der Waals surface area contributed by atoms with E-state index in [1.54, 1.807) is 6.07 Å². The molecule has 92 valence electrons. The number of aliphatic hydroxyl groups excluding tert-OH is 1. The van der Waals surface area contributed by atoms with E-state index < -0.39 is 15.1 Å². The number of hydrogen-bond acceptors (Lipinski definition) is 6. The zero-order valence-electron chi connectivity index (χ0n) is 8.54. The third-order valence-electron chi connectivity index (χ3n) is 2.00. The van der Waals surface area contributed by atoms with Crippen LogP contribution in [-0.2, 0) is 9.15 Å². The van der Waals surface area contributed by atoms with Crippen molar-refractivity contribution >= 4 is 25.9 Å². The van der Waals surface area contributed by atoms with E-state index in [1.165, 1.54) is 12.1 Å². The fourth-order valence-corrected chi connectivity index (χ4v) is 3.79. The zero-order valence-corrected chi connectivity index (χ0v) is 10.2. The number of carbonyl (C=O) groups is 1. The monoisotopic (exact) mass is 275 g/mol. The molecule has 0 aliphatic carbocycles. The first-order valence-electron chi connectivity index (χ1n) is 4.69. The van der Waals surface area contributed by atoms with Crippen LogP contribution in [-0.4, -0.2) is 32.6 Å². The number of fused-ring (bicyclic) bond motifs is 2. The third-order valence-corrected chi connectivity index (χ3v) is 4.46. The van der Waals surface area contributed by atoms with E-state index in [9.17, 15) is 13.2 Å². The zero-order chi connectivity index (χ0) is 12.5. The predicted octanol–water partition coefficient (Wildman–Crippen LogP) is 0.138. The van der Waals surface area contributed by atoms with Crippen molar-refractivity contribution in [3.63, 3.8) is 0 Å². The van der Waals surface area contributed by atoms with Crippen LogP contribution in [0.1, 0.15) is 10.4 Å². The lowest BCUT2D eigenvalue weighted by Gasteiger charge is -2.18. The van der Waals surface area contributed by atoms with Gasteiger partial charge in [-0.05, 0) is 12.1 Å². The summed E-state index contributed by atoms with van der Waals surface area (Å²) in [5.41, 5.74) is 0.181. The molecule has 1 heterocycles. The minimum Gasteiger partial charge on any atom is -0.395 e. The molecular weight excluding hydrogens is 266 g/mol. The summed E-state index contributed by atoms with van der Waals surface area (Å²) < 4.78 is 27.3. The summed E-state index contributed by atoms with van der Waals surface area (Å²) >= 11 is 0. The Labute approximate surface area is 101 Å². The molecule has 8 heteroatoms. The Morgan fingerprint density at radius 3 is 2.88 bits per heavy atom. The van der Waals surface area contributed by atoms with E-state index in [0.717, 1.165) is 0 Å². The summed E-state index contributed by atoms with van der Waals surface area (Å²) in [6.07, 6.45) is 0. The van der Waals surface area contributed by atoms with E-state index in [1.807, 2.05) is 0 Å². The molecule has 0 atom stereocenters. The molecule has 2 N–H and O–H groups in total. The summed E-state index contributed by atoms with van der Waals surface area (Å²) in [6.45, 7) is -0.0838. The van der Waals surface area contributed by atoms with Gasteiger partial charge in [0.1, 0.15) is 0 Å². The second kappa shape index (κ2) is 4.55. The van der Waals surface area contributed by atoms with Gasteiger partial charge in [0, 0.05) is 22.2 Å². The van der Waals surface area contributed by atoms with Crippen molar-refractivity contribution in [2.45, 2.75) is 4.90 Å². The summed E-state index contributed by atoms with van der Waals surface area (Å²) in [5, 5.41) is 11.1. The van der Waals surface area contributed by atoms with Crippen molar-refractivity contribution in [1.29, 1.82) is 0 Å². The maximum absolute atomic E-state index is 11.7. The van der Waals surface area contributed by atoms with Crippen LogP contribution in [0.25, 0.3) is 0 Å². The largest absolute Gasteiger partial charge is 0.395 e. The minimum absolute atomic E-state index is 0.0108. The molecular formula is C9H9NO5S2. The average Bonchev–Trinajstić information content (AvgIpc) is 2.23. The van der Waals surface area contributed by atoms with E-state index in [2.05, 4.69) is 5.32 Å². The molecule has 1 aliphatic heterocycles. The smallest absolute Gasteiger partial charge is 0.370 e. The lowest BCUT2D eigenvalue weighted by atomic mass is 10.2. The number of rotatable bonds is 3. The Kier molecular flexibility index (Phi) is 3.27. The van der Waals surface area contributed by atoms with Gasteiger partial charge in [0.15, 0.2) is 5.75 Å². The molecule has 17 heavy (non-hydrogen) atoms. The van der Waals surface area contributed by atoms with Gasteiger partial charge in [-0.1, -0.05) is 6.07 Å². The van der Waals surface area contributed by atoms with Crippen LogP contribution in [0.3, 0.4) is 0 Å². The number of amides is 1. The van der Waals surface area contributed by atoms with Crippen LogP contribution in [0.15, 0.2) is 23.1 Å². The molecule has 1 aromatic rings. The number of aliphatic hydroxyl groups is 1. The molecule has 0 fully saturated rings. The molecule has 0 aromatic heterocycles. The van der Waals surface area contributed by atoms with Crippen LogP contribution in [0.2, 0.25) is 0 Å². The Hall–Kier alpha value is -1.25. The minimum atomic E-state index is -3.72. The summed E-state index contributed by atoms with van der Waals surface area (Å²) in [4.78, 5) is 12.1. The van der Waals surface area contributed by atoms with Crippen molar-refractivity contribution in [2.75, 3.05) is 13.2 Å². The highest BCUT2D eigenvalue weighted by molar-refractivity contribution is 8.70. The first-order chi connectivity index (χ1) is 8.03. The van der Waals surface area contributed by atoms with E-state index >= 15 is 0 Å². The maximum Gasteiger partial charge on any atom is 0.370 e. The number of benzene rings is 1. The number of nitrogens with one attached hydrogen (secondary N) is 1. The van der Waals surface area contributed by atoms with Gasteiger partial charge in [-0.2, -0.15) is 8.42 Å². The van der Waals surface area contributed by atoms with Gasteiger partial charge >= 0.3 is 9.15 Å². The van der Waals surface area contributed by atoms with E-state index in [0.29, 0.717) is 15.7 Å². The lowest BCUT2D eigenvalue weighted by Crippen LogP contribution is -2.28. The second-order valence-corrected chi connectivity index (χ2v) is 6.50. The Morgan fingerprint density at radius 1 is 1.47 bits per heavy atom. The average molecular weight is 275 g/mol. The molecule has 0 spiro atoms. The molecule has 0 saturated carbocycles. The second-order valence-electron chi connectivity index (χ2n) is 3.18. The SMILES string of the molecule is O=C(NCCO)c1c2cccc1SS(=O)(=O)O2. The Bertz CT molecular complexity index is 524. The normalized spacial score (nSPS) is 16.1. The topological polar surface area (TPSA) is 92.7 Å². The van der Waals surface area contributed by atoms with Crippen molar-refractivity contribution in [3.05, 3.63) is 23.8 Å². The standard InChI is InChI=1S/C9H9NO5S2/c11-5-4-10-9(12)8-6-2-1-3-7(8)16-17(13,14)15-6/h1-3,11H,4-5H2,(H,10,12). The van der Waals surface area contributed by atoms with Gasteiger partial charge in [0.25, 0.3) is 5.91 Å². The van der Waals surface area contributed by atoms with Gasteiger partial charge in [-0.25, -0.2) is 0 Å². The van der Waals surface area contributed by atoms with Gasteiger partial charge in [0.2, 0.25) is 0 Å². The molecule has 1 aromatic carbocycles. The molecule has 2 rings (SSSR count). The van der Waals surface area contributed by atoms with E-state index in [4.69, 9.17) is 9.29 Å². The fraction of sp³-hybridized carbons (Fsp3) is 0.222. The van der Waals surface area contributed by atoms with Crippen molar-refractivity contribution in [3.8, 4) is 5.75 Å². The van der Waals surface area contributed by atoms with Crippen LogP contribution < -0.4 is 9.50 Å². The Balaban J connectivity index is 2.37. The van der Waals surface area contributed by atoms with Crippen LogP contribution in [0, 0.1) is 0 Å². The molecule has 1 aliphatic rings. The third kappa shape index (κ3) is 2.54. The van der Waals surface area contributed by atoms with E-state index in [-0.39, 0.29) is 24.5 Å². The van der Waals surface area contributed by atoms with Crippen LogP contribution >= 0.6 is 10.8 Å². The highest BCUT2D eigenvalue weighted by Gasteiger charge is 2.30. The Morgan fingerprint density at radius 2 is 2.24 bits per heavy atom. The molecule has 1 amide bonds. The molecule has 0 saturated heterocycles. The van der Waals surface area contributed by atoms with Gasteiger partial charge in [-0.15, -0.1) is 0 Å². The van der Waals surface area contributed by atoms with Gasteiger partial charge in [0.05, 0.1) is 12.2 Å². The molecule has 2 bridgehead atoms. The number of hydrogen-bond donors (Lipinski definition) is 2. The highest BCUT2D eigenvalue weighted by atomic mass is 33.1. The lowest BCUT2D eigenvalue weighted by molar-refractivity contribution is 0.0940. The molecule has 0 unspecified atom stereocenters. The first-order valence-corrected chi connectivity index (χ1v) is 7.43. The number of carbonyl (C=O) groups excluding carboxylic acids is 1. The van der Waals surface area contributed by atoms with Crippen molar-refractivity contribution < 1.29 is 22.5 Å². The molecule has 0 radical (unpaired) electrons. The van der Waals surface area contributed by atoms with Crippen LogP contribution in [0.4, 0.5) is 0 Å². The van der Waals surface area contributed by atoms with Crippen LogP contribution in [0.5, 0.6) is 5.75 Å². The van der Waals surface area contributed by atoms with Gasteiger partial charge in [-0.3, -0.25) is 4.79 Å². The summed E-state index contributed by atoms with van der Waals surface area (Å²) in [7, 11) is -3.23.